The highest BCUT2D eigenvalue weighted by Gasteiger charge is 2.27. The minimum absolute atomic E-state index is 0.207. The molecule has 1 amide bonds. The number of nitrogens with zero attached hydrogens (tertiary/aromatic N) is 1. The van der Waals surface area contributed by atoms with Gasteiger partial charge in [0.2, 0.25) is 5.91 Å². The largest absolute Gasteiger partial charge is 0.379 e. The molecule has 1 aliphatic heterocycles. The quantitative estimate of drug-likeness (QED) is 0.399. The Kier molecular flexibility index (Phi) is 11.7. The molecule has 0 spiro atoms. The molecule has 0 aromatic carbocycles. The molecule has 24 heavy (non-hydrogen) atoms. The minimum atomic E-state index is 0.207. The van der Waals surface area contributed by atoms with Gasteiger partial charge in [0.1, 0.15) is 0 Å². The van der Waals surface area contributed by atoms with Gasteiger partial charge in [-0.2, -0.15) is 0 Å². The van der Waals surface area contributed by atoms with Crippen LogP contribution in [0.25, 0.3) is 0 Å². The second-order valence-corrected chi connectivity index (χ2v) is 7.43. The highest BCUT2D eigenvalue weighted by molar-refractivity contribution is 7.96. The number of rotatable bonds is 13. The third kappa shape index (κ3) is 10.5. The predicted octanol–water partition coefficient (Wildman–Crippen LogP) is 1.94. The Balaban J connectivity index is 1.86. The van der Waals surface area contributed by atoms with Crippen molar-refractivity contribution in [3.05, 3.63) is 0 Å². The average Bonchev–Trinajstić information content (AvgIpc) is 2.55. The van der Waals surface area contributed by atoms with Gasteiger partial charge in [0.15, 0.2) is 0 Å². The molecule has 1 N–H and O–H groups in total. The van der Waals surface area contributed by atoms with E-state index in [1.54, 1.807) is 11.9 Å². The van der Waals surface area contributed by atoms with Crippen molar-refractivity contribution in [3.63, 3.8) is 0 Å². The number of hydrogen-bond donors (Lipinski definition) is 1. The van der Waals surface area contributed by atoms with E-state index in [-0.39, 0.29) is 5.91 Å². The van der Waals surface area contributed by atoms with Crippen molar-refractivity contribution in [1.82, 2.24) is 9.62 Å². The zero-order valence-corrected chi connectivity index (χ0v) is 16.3. The van der Waals surface area contributed by atoms with Crippen LogP contribution in [-0.4, -0.2) is 76.3 Å². The summed E-state index contributed by atoms with van der Waals surface area (Å²) in [5.74, 6) is 0.207. The summed E-state index contributed by atoms with van der Waals surface area (Å²) in [6.45, 7) is 10.5. The smallest absolute Gasteiger partial charge is 0.224 e. The Hall–Kier alpha value is -0.340. The maximum absolute atomic E-state index is 12.1. The molecule has 0 aliphatic carbocycles. The fraction of sp³-hybridized carbons (Fsp3) is 0.941. The van der Waals surface area contributed by atoms with Crippen molar-refractivity contribution in [2.24, 2.45) is 5.41 Å². The molecule has 6 nitrogen and oxygen atoms in total. The first-order valence-corrected chi connectivity index (χ1v) is 10.0. The normalized spacial score (nSPS) is 17.2. The topological polar surface area (TPSA) is 60.0 Å². The van der Waals surface area contributed by atoms with Crippen molar-refractivity contribution in [2.45, 2.75) is 33.1 Å². The number of ether oxygens (including phenoxy) is 3. The zero-order valence-electron chi connectivity index (χ0n) is 15.5. The number of piperidine rings is 1. The molecule has 7 heteroatoms. The monoisotopic (exact) mass is 362 g/mol. The number of carbonyl (C=O) groups is 1. The van der Waals surface area contributed by atoms with E-state index in [4.69, 9.17) is 14.2 Å². The lowest BCUT2D eigenvalue weighted by Crippen LogP contribution is -2.41. The molecule has 0 radical (unpaired) electrons. The van der Waals surface area contributed by atoms with Crippen LogP contribution in [0, 0.1) is 5.41 Å². The molecule has 1 heterocycles. The van der Waals surface area contributed by atoms with E-state index in [1.807, 2.05) is 11.2 Å². The molecule has 142 valence electrons. The fourth-order valence-electron chi connectivity index (χ4n) is 2.44. The summed E-state index contributed by atoms with van der Waals surface area (Å²) in [6.07, 6.45) is 4.63. The van der Waals surface area contributed by atoms with Crippen LogP contribution >= 0.6 is 11.9 Å². The van der Waals surface area contributed by atoms with Gasteiger partial charge < -0.3 is 19.1 Å². The first-order valence-electron chi connectivity index (χ1n) is 8.82. The van der Waals surface area contributed by atoms with Crippen LogP contribution in [0.2, 0.25) is 0 Å². The third-order valence-electron chi connectivity index (χ3n) is 4.17. The van der Waals surface area contributed by atoms with Gasteiger partial charge in [0.05, 0.1) is 46.1 Å². The molecule has 0 unspecified atom stereocenters. The fourth-order valence-corrected chi connectivity index (χ4v) is 2.72. The Morgan fingerprint density at radius 1 is 1.00 bits per heavy atom. The zero-order chi connectivity index (χ0) is 17.7. The number of amides is 1. The standard InChI is InChI=1S/C17H34N2O4S/c1-17(2)5-8-19(9-6-17)16(20)4-10-21-12-14-23-15-13-22-11-7-18-24-3/h18H,4-15H2,1-3H3. The minimum Gasteiger partial charge on any atom is -0.379 e. The van der Waals surface area contributed by atoms with Gasteiger partial charge in [-0.3, -0.25) is 9.52 Å². The van der Waals surface area contributed by atoms with Gasteiger partial charge in [-0.1, -0.05) is 25.8 Å². The van der Waals surface area contributed by atoms with Gasteiger partial charge in [-0.15, -0.1) is 0 Å². The van der Waals surface area contributed by atoms with Gasteiger partial charge >= 0.3 is 0 Å². The summed E-state index contributed by atoms with van der Waals surface area (Å²) >= 11 is 1.59. The molecular weight excluding hydrogens is 328 g/mol. The molecular formula is C17H34N2O4S. The maximum atomic E-state index is 12.1. The van der Waals surface area contributed by atoms with Crippen LogP contribution in [-0.2, 0) is 19.0 Å². The van der Waals surface area contributed by atoms with Gasteiger partial charge in [-0.25, -0.2) is 0 Å². The summed E-state index contributed by atoms with van der Waals surface area (Å²) in [7, 11) is 0. The molecule has 0 atom stereocenters. The molecule has 0 aromatic heterocycles. The summed E-state index contributed by atoms with van der Waals surface area (Å²) < 4.78 is 19.4. The second kappa shape index (κ2) is 12.9. The van der Waals surface area contributed by atoms with Gasteiger partial charge in [0.25, 0.3) is 0 Å². The summed E-state index contributed by atoms with van der Waals surface area (Å²) in [5, 5.41) is 0. The number of carbonyl (C=O) groups excluding carboxylic acids is 1. The first kappa shape index (κ1) is 21.7. The Morgan fingerprint density at radius 2 is 1.54 bits per heavy atom. The summed E-state index contributed by atoms with van der Waals surface area (Å²) in [5.41, 5.74) is 0.375. The van der Waals surface area contributed by atoms with Gasteiger partial charge in [-0.05, 0) is 24.5 Å². The van der Waals surface area contributed by atoms with Crippen molar-refractivity contribution in [1.29, 1.82) is 0 Å². The molecule has 1 saturated heterocycles. The van der Waals surface area contributed by atoms with Crippen LogP contribution in [0.15, 0.2) is 0 Å². The van der Waals surface area contributed by atoms with Crippen LogP contribution in [0.4, 0.5) is 0 Å². The number of hydrogen-bond acceptors (Lipinski definition) is 6. The van der Waals surface area contributed by atoms with E-state index in [9.17, 15) is 4.79 Å². The van der Waals surface area contributed by atoms with Crippen molar-refractivity contribution >= 4 is 17.9 Å². The van der Waals surface area contributed by atoms with Crippen LogP contribution < -0.4 is 4.72 Å². The van der Waals surface area contributed by atoms with E-state index < -0.39 is 0 Å². The van der Waals surface area contributed by atoms with Crippen molar-refractivity contribution in [3.8, 4) is 0 Å². The number of likely N-dealkylation sites (tertiary alicyclic amines) is 1. The Morgan fingerprint density at radius 3 is 2.12 bits per heavy atom. The highest BCUT2D eigenvalue weighted by atomic mass is 32.2. The SMILES string of the molecule is CSNCCOCCOCCOCCC(=O)N1CCC(C)(C)CC1. The molecule has 0 saturated carbocycles. The lowest BCUT2D eigenvalue weighted by atomic mass is 9.82. The lowest BCUT2D eigenvalue weighted by Gasteiger charge is -2.37. The molecule has 0 bridgehead atoms. The van der Waals surface area contributed by atoms with E-state index in [0.717, 1.165) is 32.5 Å². The van der Waals surface area contributed by atoms with Crippen LogP contribution in [0.5, 0.6) is 0 Å². The first-order chi connectivity index (χ1) is 11.5. The molecule has 1 rings (SSSR count). The summed E-state index contributed by atoms with van der Waals surface area (Å²) in [6, 6.07) is 0. The number of nitrogens with one attached hydrogen (secondary N) is 1. The van der Waals surface area contributed by atoms with Crippen LogP contribution in [0.3, 0.4) is 0 Å². The van der Waals surface area contributed by atoms with Crippen LogP contribution in [0.1, 0.15) is 33.1 Å². The van der Waals surface area contributed by atoms with E-state index >= 15 is 0 Å². The summed E-state index contributed by atoms with van der Waals surface area (Å²) in [4.78, 5) is 14.0. The maximum Gasteiger partial charge on any atom is 0.224 e. The lowest BCUT2D eigenvalue weighted by molar-refractivity contribution is -0.134. The predicted molar refractivity (Wildman–Crippen MR) is 98.2 cm³/mol. The van der Waals surface area contributed by atoms with Gasteiger partial charge in [0, 0.05) is 19.6 Å². The van der Waals surface area contributed by atoms with Crippen molar-refractivity contribution in [2.75, 3.05) is 65.5 Å². The Bertz CT molecular complexity index is 333. The second-order valence-electron chi connectivity index (χ2n) is 6.73. The molecule has 0 aromatic rings. The highest BCUT2D eigenvalue weighted by Crippen LogP contribution is 2.29. The molecule has 1 fully saturated rings. The van der Waals surface area contributed by atoms with E-state index in [2.05, 4.69) is 18.6 Å². The molecule has 1 aliphatic rings. The third-order valence-corrected chi connectivity index (χ3v) is 4.66. The Labute approximate surface area is 151 Å². The average molecular weight is 363 g/mol. The van der Waals surface area contributed by atoms with Crippen molar-refractivity contribution < 1.29 is 19.0 Å². The van der Waals surface area contributed by atoms with E-state index in [0.29, 0.717) is 51.5 Å². The van der Waals surface area contributed by atoms with E-state index in [1.165, 1.54) is 0 Å².